The van der Waals surface area contributed by atoms with Crippen LogP contribution in [0.1, 0.15) is 31.2 Å². The van der Waals surface area contributed by atoms with E-state index in [-0.39, 0.29) is 36.8 Å². The molecule has 1 aromatic carbocycles. The number of hydrogen-bond donors (Lipinski definition) is 1. The fourth-order valence-corrected chi connectivity index (χ4v) is 3.59. The molecule has 2 N–H and O–H groups in total. The summed E-state index contributed by atoms with van der Waals surface area (Å²) in [5.74, 6) is 0.430. The SMILES string of the molecule is CN1CCN(C(=O)C2CCCC(N)C2)Cc2ccccc21.Cl.Cl. The summed E-state index contributed by atoms with van der Waals surface area (Å²) < 4.78 is 0. The van der Waals surface area contributed by atoms with Gasteiger partial charge in [0.1, 0.15) is 0 Å². The van der Waals surface area contributed by atoms with Crippen LogP contribution < -0.4 is 10.6 Å². The molecular weight excluding hydrogens is 333 g/mol. The smallest absolute Gasteiger partial charge is 0.226 e. The van der Waals surface area contributed by atoms with Gasteiger partial charge in [0, 0.05) is 44.3 Å². The van der Waals surface area contributed by atoms with Crippen LogP contribution in [-0.4, -0.2) is 37.0 Å². The van der Waals surface area contributed by atoms with Crippen LogP contribution in [0.4, 0.5) is 5.69 Å². The lowest BCUT2D eigenvalue weighted by Crippen LogP contribution is -2.41. The number of carbonyl (C=O) groups excluding carboxylic acids is 1. The predicted octanol–water partition coefficient (Wildman–Crippen LogP) is 2.83. The van der Waals surface area contributed by atoms with Crippen LogP contribution in [0.5, 0.6) is 0 Å². The molecule has 2 atom stereocenters. The van der Waals surface area contributed by atoms with Gasteiger partial charge in [-0.3, -0.25) is 4.79 Å². The normalized spacial score (nSPS) is 23.9. The van der Waals surface area contributed by atoms with Crippen molar-refractivity contribution >= 4 is 36.4 Å². The first-order chi connectivity index (χ1) is 10.1. The molecule has 1 fully saturated rings. The number of rotatable bonds is 1. The highest BCUT2D eigenvalue weighted by Crippen LogP contribution is 2.28. The van der Waals surface area contributed by atoms with Gasteiger partial charge in [0.25, 0.3) is 0 Å². The van der Waals surface area contributed by atoms with Gasteiger partial charge < -0.3 is 15.5 Å². The molecule has 2 aliphatic rings. The third-order valence-corrected chi connectivity index (χ3v) is 4.85. The number of carbonyl (C=O) groups is 1. The summed E-state index contributed by atoms with van der Waals surface area (Å²) in [4.78, 5) is 17.1. The van der Waals surface area contributed by atoms with Gasteiger partial charge in [-0.25, -0.2) is 0 Å². The first-order valence-corrected chi connectivity index (χ1v) is 7.98. The van der Waals surface area contributed by atoms with E-state index in [1.54, 1.807) is 0 Å². The molecule has 1 aliphatic carbocycles. The van der Waals surface area contributed by atoms with Crippen LogP contribution in [0.2, 0.25) is 0 Å². The number of amides is 1. The van der Waals surface area contributed by atoms with E-state index in [2.05, 4.69) is 36.2 Å². The molecule has 0 bridgehead atoms. The maximum Gasteiger partial charge on any atom is 0.226 e. The first-order valence-electron chi connectivity index (χ1n) is 7.98. The Morgan fingerprint density at radius 3 is 2.65 bits per heavy atom. The number of para-hydroxylation sites is 1. The Morgan fingerprint density at radius 1 is 1.17 bits per heavy atom. The highest BCUT2D eigenvalue weighted by Gasteiger charge is 2.30. The van der Waals surface area contributed by atoms with E-state index in [0.717, 1.165) is 45.3 Å². The van der Waals surface area contributed by atoms with E-state index >= 15 is 0 Å². The van der Waals surface area contributed by atoms with Crippen molar-refractivity contribution in [3.63, 3.8) is 0 Å². The van der Waals surface area contributed by atoms with Crippen molar-refractivity contribution in [1.29, 1.82) is 0 Å². The van der Waals surface area contributed by atoms with Gasteiger partial charge in [0.2, 0.25) is 5.91 Å². The van der Waals surface area contributed by atoms with Gasteiger partial charge in [-0.15, -0.1) is 24.8 Å². The highest BCUT2D eigenvalue weighted by molar-refractivity contribution is 5.85. The molecule has 0 saturated heterocycles. The summed E-state index contributed by atoms with van der Waals surface area (Å²) in [5, 5.41) is 0. The Morgan fingerprint density at radius 2 is 1.91 bits per heavy atom. The lowest BCUT2D eigenvalue weighted by Gasteiger charge is -2.31. The van der Waals surface area contributed by atoms with E-state index in [4.69, 9.17) is 5.73 Å². The molecule has 0 aromatic heterocycles. The number of anilines is 1. The Balaban J connectivity index is 0.00000132. The second-order valence-electron chi connectivity index (χ2n) is 6.43. The summed E-state index contributed by atoms with van der Waals surface area (Å²) in [6.45, 7) is 2.42. The van der Waals surface area contributed by atoms with E-state index in [9.17, 15) is 4.79 Å². The summed E-state index contributed by atoms with van der Waals surface area (Å²) in [7, 11) is 2.10. The largest absolute Gasteiger partial charge is 0.373 e. The average molecular weight is 360 g/mol. The maximum absolute atomic E-state index is 12.8. The van der Waals surface area contributed by atoms with Crippen LogP contribution in [0.15, 0.2) is 24.3 Å². The third-order valence-electron chi connectivity index (χ3n) is 4.85. The van der Waals surface area contributed by atoms with Crippen LogP contribution >= 0.6 is 24.8 Å². The third kappa shape index (κ3) is 4.52. The van der Waals surface area contributed by atoms with Crippen molar-refractivity contribution in [2.24, 2.45) is 11.7 Å². The molecule has 1 heterocycles. The van der Waals surface area contributed by atoms with Crippen LogP contribution in [-0.2, 0) is 11.3 Å². The predicted molar refractivity (Wildman–Crippen MR) is 99.6 cm³/mol. The quantitative estimate of drug-likeness (QED) is 0.838. The monoisotopic (exact) mass is 359 g/mol. The molecule has 1 saturated carbocycles. The topological polar surface area (TPSA) is 49.6 Å². The fraction of sp³-hybridized carbons (Fsp3) is 0.588. The van der Waals surface area contributed by atoms with Crippen molar-refractivity contribution in [3.8, 4) is 0 Å². The molecule has 0 spiro atoms. The van der Waals surface area contributed by atoms with Gasteiger partial charge in [-0.2, -0.15) is 0 Å². The average Bonchev–Trinajstić information content (AvgIpc) is 2.66. The first kappa shape index (κ1) is 20.1. The number of nitrogens with two attached hydrogens (primary N) is 1. The van der Waals surface area contributed by atoms with Gasteiger partial charge in [-0.1, -0.05) is 24.6 Å². The number of halogens is 2. The molecule has 1 aromatic rings. The van der Waals surface area contributed by atoms with Crippen LogP contribution in [0.3, 0.4) is 0 Å². The van der Waals surface area contributed by atoms with E-state index in [1.807, 2.05) is 4.90 Å². The number of likely N-dealkylation sites (N-methyl/N-ethyl adjacent to an activating group) is 1. The second kappa shape index (κ2) is 8.76. The minimum atomic E-state index is 0. The lowest BCUT2D eigenvalue weighted by atomic mass is 9.85. The minimum Gasteiger partial charge on any atom is -0.373 e. The molecular formula is C17H27Cl2N3O. The Bertz CT molecular complexity index is 526. The fourth-order valence-electron chi connectivity index (χ4n) is 3.59. The van der Waals surface area contributed by atoms with Crippen molar-refractivity contribution in [3.05, 3.63) is 29.8 Å². The molecule has 0 radical (unpaired) electrons. The zero-order valence-corrected chi connectivity index (χ0v) is 15.2. The van der Waals surface area contributed by atoms with Crippen molar-refractivity contribution in [2.75, 3.05) is 25.0 Å². The van der Waals surface area contributed by atoms with Crippen LogP contribution in [0.25, 0.3) is 0 Å². The van der Waals surface area contributed by atoms with E-state index in [1.165, 1.54) is 11.3 Å². The zero-order valence-electron chi connectivity index (χ0n) is 13.6. The minimum absolute atomic E-state index is 0. The highest BCUT2D eigenvalue weighted by atomic mass is 35.5. The Labute approximate surface area is 151 Å². The van der Waals surface area contributed by atoms with E-state index in [0.29, 0.717) is 5.91 Å². The number of nitrogens with zero attached hydrogens (tertiary/aromatic N) is 2. The molecule has 6 heteroatoms. The number of hydrogen-bond acceptors (Lipinski definition) is 3. The summed E-state index contributed by atoms with van der Waals surface area (Å²) >= 11 is 0. The van der Waals surface area contributed by atoms with Crippen molar-refractivity contribution in [1.82, 2.24) is 4.90 Å². The molecule has 3 rings (SSSR count). The number of fused-ring (bicyclic) bond motifs is 1. The van der Waals surface area contributed by atoms with Gasteiger partial charge in [0.15, 0.2) is 0 Å². The second-order valence-corrected chi connectivity index (χ2v) is 6.43. The van der Waals surface area contributed by atoms with Gasteiger partial charge in [0.05, 0.1) is 0 Å². The Hall–Kier alpha value is -0.970. The van der Waals surface area contributed by atoms with Gasteiger partial charge in [-0.05, 0) is 30.9 Å². The maximum atomic E-state index is 12.8. The summed E-state index contributed by atoms with van der Waals surface area (Å²) in [5.41, 5.74) is 8.53. The standard InChI is InChI=1S/C17H25N3O.2ClH/c1-19-9-10-20(12-14-5-2-3-8-16(14)19)17(21)13-6-4-7-15(18)11-13;;/h2-3,5,8,13,15H,4,6-7,9-12,18H2,1H3;2*1H. The van der Waals surface area contributed by atoms with Gasteiger partial charge >= 0.3 is 0 Å². The van der Waals surface area contributed by atoms with Crippen molar-refractivity contribution < 1.29 is 4.79 Å². The molecule has 130 valence electrons. The molecule has 2 unspecified atom stereocenters. The summed E-state index contributed by atoms with van der Waals surface area (Å²) in [6, 6.07) is 8.59. The zero-order chi connectivity index (χ0) is 14.8. The molecule has 23 heavy (non-hydrogen) atoms. The Kier molecular flexibility index (Phi) is 7.65. The van der Waals surface area contributed by atoms with Crippen LogP contribution in [0, 0.1) is 5.92 Å². The summed E-state index contributed by atoms with van der Waals surface area (Å²) in [6.07, 6.45) is 4.00. The molecule has 4 nitrogen and oxygen atoms in total. The molecule has 1 amide bonds. The van der Waals surface area contributed by atoms with Crippen molar-refractivity contribution in [2.45, 2.75) is 38.3 Å². The van der Waals surface area contributed by atoms with E-state index < -0.39 is 0 Å². The number of benzene rings is 1. The lowest BCUT2D eigenvalue weighted by molar-refractivity contribution is -0.137. The molecule has 1 aliphatic heterocycles.